The van der Waals surface area contributed by atoms with Crippen molar-refractivity contribution in [3.63, 3.8) is 0 Å². The van der Waals surface area contributed by atoms with E-state index in [0.29, 0.717) is 23.7 Å². The molecule has 1 saturated heterocycles. The normalized spacial score (nSPS) is 16.1. The Morgan fingerprint density at radius 3 is 2.43 bits per heavy atom. The lowest BCUT2D eigenvalue weighted by atomic mass is 9.94. The number of rotatable bonds is 5. The number of benzene rings is 1. The van der Waals surface area contributed by atoms with Crippen molar-refractivity contribution in [3.05, 3.63) is 76.3 Å². The Balaban J connectivity index is 1.44. The van der Waals surface area contributed by atoms with Gasteiger partial charge in [0.1, 0.15) is 4.90 Å². The van der Waals surface area contributed by atoms with E-state index in [0.717, 1.165) is 41.2 Å². The molecule has 30 heavy (non-hydrogen) atoms. The van der Waals surface area contributed by atoms with Gasteiger partial charge in [0.2, 0.25) is 10.0 Å². The van der Waals surface area contributed by atoms with E-state index in [-0.39, 0.29) is 5.92 Å². The number of aromatic nitrogens is 3. The van der Waals surface area contributed by atoms with Crippen LogP contribution in [-0.2, 0) is 23.5 Å². The zero-order valence-electron chi connectivity index (χ0n) is 17.1. The van der Waals surface area contributed by atoms with Gasteiger partial charge in [0.25, 0.3) is 0 Å². The highest BCUT2D eigenvalue weighted by Gasteiger charge is 2.32. The Kier molecular flexibility index (Phi) is 5.95. The highest BCUT2D eigenvalue weighted by molar-refractivity contribution is 7.89. The van der Waals surface area contributed by atoms with Crippen LogP contribution in [0.25, 0.3) is 0 Å². The Labute approximate surface area is 182 Å². The maximum Gasteiger partial charge on any atom is 0.246 e. The molecule has 0 amide bonds. The molecule has 1 aromatic carbocycles. The molecule has 2 aromatic heterocycles. The largest absolute Gasteiger partial charge is 0.274 e. The molecule has 1 fully saturated rings. The number of piperidine rings is 1. The van der Waals surface area contributed by atoms with Gasteiger partial charge in [-0.3, -0.25) is 9.67 Å². The number of nitrogens with zero attached hydrogens (tertiary/aromatic N) is 4. The maximum absolute atomic E-state index is 13.0. The molecule has 0 unspecified atom stereocenters. The van der Waals surface area contributed by atoms with Crippen LogP contribution in [0.2, 0.25) is 5.02 Å². The summed E-state index contributed by atoms with van der Waals surface area (Å²) >= 11 is 5.97. The van der Waals surface area contributed by atoms with Crippen LogP contribution in [0.3, 0.4) is 0 Å². The van der Waals surface area contributed by atoms with Gasteiger partial charge in [-0.2, -0.15) is 9.40 Å². The Morgan fingerprint density at radius 2 is 1.80 bits per heavy atom. The average Bonchev–Trinajstić information content (AvgIpc) is 3.09. The molecule has 8 heteroatoms. The van der Waals surface area contributed by atoms with Crippen molar-refractivity contribution in [1.82, 2.24) is 19.1 Å². The van der Waals surface area contributed by atoms with Gasteiger partial charge in [0, 0.05) is 55.1 Å². The number of aryl methyl sites for hydroxylation is 2. The fraction of sp³-hybridized carbons (Fsp3) is 0.364. The average molecular weight is 445 g/mol. The van der Waals surface area contributed by atoms with E-state index >= 15 is 0 Å². The first-order chi connectivity index (χ1) is 14.3. The summed E-state index contributed by atoms with van der Waals surface area (Å²) < 4.78 is 29.1. The van der Waals surface area contributed by atoms with E-state index in [1.54, 1.807) is 29.2 Å². The van der Waals surface area contributed by atoms with Crippen LogP contribution in [-0.4, -0.2) is 40.6 Å². The SMILES string of the molecule is Cc1nn(C)cc1S(=O)(=O)N1CCC(c2cccc(Cc3ccc(Cl)cc3)n2)CC1. The smallest absolute Gasteiger partial charge is 0.246 e. The molecule has 3 heterocycles. The molecule has 0 saturated carbocycles. The summed E-state index contributed by atoms with van der Waals surface area (Å²) in [5, 5.41) is 4.90. The minimum atomic E-state index is -3.51. The second-order valence-corrected chi connectivity index (χ2v) is 10.1. The standard InChI is InChI=1S/C22H25ClN4O2S/c1-16-22(15-26(2)25-16)30(28,29)27-12-10-18(11-13-27)21-5-3-4-20(24-21)14-17-6-8-19(23)9-7-17/h3-9,15,18H,10-14H2,1-2H3. The summed E-state index contributed by atoms with van der Waals surface area (Å²) in [5.41, 5.74) is 3.75. The molecule has 1 aliphatic heterocycles. The quantitative estimate of drug-likeness (QED) is 0.597. The van der Waals surface area contributed by atoms with Crippen molar-refractivity contribution in [2.45, 2.75) is 37.0 Å². The second-order valence-electron chi connectivity index (χ2n) is 7.79. The Bertz CT molecular complexity index is 1130. The molecule has 1 aliphatic rings. The van der Waals surface area contributed by atoms with Gasteiger partial charge >= 0.3 is 0 Å². The van der Waals surface area contributed by atoms with Gasteiger partial charge in [0.05, 0.1) is 5.69 Å². The summed E-state index contributed by atoms with van der Waals surface area (Å²) in [4.78, 5) is 5.16. The summed E-state index contributed by atoms with van der Waals surface area (Å²) in [5.74, 6) is 0.261. The van der Waals surface area contributed by atoms with E-state index in [4.69, 9.17) is 16.6 Å². The van der Waals surface area contributed by atoms with Crippen LogP contribution < -0.4 is 0 Å². The summed E-state index contributed by atoms with van der Waals surface area (Å²) in [7, 11) is -1.77. The first kappa shape index (κ1) is 21.0. The molecule has 0 N–H and O–H groups in total. The maximum atomic E-state index is 13.0. The third-order valence-electron chi connectivity index (χ3n) is 5.59. The summed E-state index contributed by atoms with van der Waals surface area (Å²) in [6.07, 6.45) is 3.85. The zero-order chi connectivity index (χ0) is 21.3. The molecule has 0 radical (unpaired) electrons. The van der Waals surface area contributed by atoms with Crippen LogP contribution in [0.1, 0.15) is 41.4 Å². The third kappa shape index (κ3) is 4.43. The minimum absolute atomic E-state index is 0.261. The van der Waals surface area contributed by atoms with Crippen LogP contribution in [0.5, 0.6) is 0 Å². The van der Waals surface area contributed by atoms with Crippen molar-refractivity contribution >= 4 is 21.6 Å². The van der Waals surface area contributed by atoms with Crippen molar-refractivity contribution < 1.29 is 8.42 Å². The van der Waals surface area contributed by atoms with E-state index in [1.807, 2.05) is 42.5 Å². The summed E-state index contributed by atoms with van der Waals surface area (Å²) in [6.45, 7) is 2.71. The minimum Gasteiger partial charge on any atom is -0.274 e. The van der Waals surface area contributed by atoms with Crippen LogP contribution in [0, 0.1) is 6.92 Å². The fourth-order valence-corrected chi connectivity index (χ4v) is 5.79. The molecule has 0 bridgehead atoms. The first-order valence-corrected chi connectivity index (χ1v) is 11.9. The lowest BCUT2D eigenvalue weighted by molar-refractivity contribution is 0.316. The lowest BCUT2D eigenvalue weighted by Gasteiger charge is -2.30. The molecule has 158 valence electrons. The van der Waals surface area contributed by atoms with Crippen molar-refractivity contribution in [3.8, 4) is 0 Å². The number of sulfonamides is 1. The first-order valence-electron chi connectivity index (χ1n) is 10.0. The van der Waals surface area contributed by atoms with Gasteiger partial charge in [-0.25, -0.2) is 8.42 Å². The van der Waals surface area contributed by atoms with Crippen molar-refractivity contribution in [2.24, 2.45) is 7.05 Å². The molecule has 0 atom stereocenters. The Hall–Kier alpha value is -2.22. The topological polar surface area (TPSA) is 68.1 Å². The molecule has 0 spiro atoms. The van der Waals surface area contributed by atoms with Gasteiger partial charge in [-0.15, -0.1) is 0 Å². The summed E-state index contributed by atoms with van der Waals surface area (Å²) in [6, 6.07) is 13.9. The van der Waals surface area contributed by atoms with Crippen LogP contribution in [0.4, 0.5) is 0 Å². The van der Waals surface area contributed by atoms with E-state index in [2.05, 4.69) is 5.10 Å². The lowest BCUT2D eigenvalue weighted by Crippen LogP contribution is -2.38. The molecule has 3 aromatic rings. The second kappa shape index (κ2) is 8.49. The predicted molar refractivity (Wildman–Crippen MR) is 117 cm³/mol. The van der Waals surface area contributed by atoms with E-state index in [1.165, 1.54) is 0 Å². The zero-order valence-corrected chi connectivity index (χ0v) is 18.7. The fourth-order valence-electron chi connectivity index (χ4n) is 4.00. The highest BCUT2D eigenvalue weighted by Crippen LogP contribution is 2.30. The molecule has 6 nitrogen and oxygen atoms in total. The van der Waals surface area contributed by atoms with Gasteiger partial charge in [-0.1, -0.05) is 29.8 Å². The van der Waals surface area contributed by atoms with E-state index < -0.39 is 10.0 Å². The van der Waals surface area contributed by atoms with Gasteiger partial charge < -0.3 is 0 Å². The number of hydrogen-bond acceptors (Lipinski definition) is 4. The predicted octanol–water partition coefficient (Wildman–Crippen LogP) is 3.94. The van der Waals surface area contributed by atoms with E-state index in [9.17, 15) is 8.42 Å². The van der Waals surface area contributed by atoms with Crippen molar-refractivity contribution in [1.29, 1.82) is 0 Å². The molecular weight excluding hydrogens is 420 g/mol. The van der Waals surface area contributed by atoms with Gasteiger partial charge in [-0.05, 0) is 49.6 Å². The van der Waals surface area contributed by atoms with Crippen LogP contribution >= 0.6 is 11.6 Å². The monoisotopic (exact) mass is 444 g/mol. The Morgan fingerprint density at radius 1 is 1.10 bits per heavy atom. The molecule has 4 rings (SSSR count). The third-order valence-corrected chi connectivity index (χ3v) is 7.84. The van der Waals surface area contributed by atoms with Gasteiger partial charge in [0.15, 0.2) is 0 Å². The van der Waals surface area contributed by atoms with Crippen LogP contribution in [0.15, 0.2) is 53.6 Å². The number of pyridine rings is 1. The molecule has 0 aliphatic carbocycles. The highest BCUT2D eigenvalue weighted by atomic mass is 35.5. The molecular formula is C22H25ClN4O2S. The van der Waals surface area contributed by atoms with Crippen molar-refractivity contribution in [2.75, 3.05) is 13.1 Å². The number of halogens is 1. The number of hydrogen-bond donors (Lipinski definition) is 0.